The summed E-state index contributed by atoms with van der Waals surface area (Å²) in [5.41, 5.74) is 21.1. The second-order valence-electron chi connectivity index (χ2n) is 14.3. The van der Waals surface area contributed by atoms with Crippen LogP contribution >= 0.6 is 0 Å². The van der Waals surface area contributed by atoms with Crippen molar-refractivity contribution in [3.8, 4) is 0 Å². The van der Waals surface area contributed by atoms with Crippen LogP contribution in [-0.4, -0.2) is 6.04 Å². The number of nitrogens with two attached hydrogens (primary N) is 1. The van der Waals surface area contributed by atoms with Crippen LogP contribution in [0.4, 0.5) is 0 Å². The quantitative estimate of drug-likeness (QED) is 0.264. The van der Waals surface area contributed by atoms with Gasteiger partial charge in [0.1, 0.15) is 0 Å². The van der Waals surface area contributed by atoms with Crippen LogP contribution < -0.4 is 5.73 Å². The molecule has 1 nitrogen and oxygen atoms in total. The van der Waals surface area contributed by atoms with Gasteiger partial charge in [-0.2, -0.15) is 0 Å². The number of rotatable bonds is 9. The number of hydrogen-bond acceptors (Lipinski definition) is 1. The van der Waals surface area contributed by atoms with E-state index in [-0.39, 0.29) is 6.04 Å². The summed E-state index contributed by atoms with van der Waals surface area (Å²) < 4.78 is 0. The first kappa shape index (κ1) is 30.5. The first-order valence-electron chi connectivity index (χ1n) is 18.3. The van der Waals surface area contributed by atoms with Gasteiger partial charge in [-0.1, -0.05) is 98.1 Å². The van der Waals surface area contributed by atoms with Gasteiger partial charge in [0.2, 0.25) is 0 Å². The van der Waals surface area contributed by atoms with E-state index in [1.54, 1.807) is 39.0 Å². The molecule has 7 rings (SSSR count). The molecule has 0 spiro atoms. The molecule has 234 valence electrons. The zero-order valence-electron chi connectivity index (χ0n) is 27.5. The Hall–Kier alpha value is -3.16. The molecule has 0 aromatic rings. The maximum atomic E-state index is 6.69. The van der Waals surface area contributed by atoms with Crippen molar-refractivity contribution in [2.75, 3.05) is 0 Å². The van der Waals surface area contributed by atoms with Gasteiger partial charge in [-0.15, -0.1) is 0 Å². The maximum Gasteiger partial charge on any atom is 0.0105 e. The van der Waals surface area contributed by atoms with Crippen LogP contribution in [0.15, 0.2) is 141 Å². The summed E-state index contributed by atoms with van der Waals surface area (Å²) in [6.45, 7) is 2.30. The van der Waals surface area contributed by atoms with Gasteiger partial charge in [0.15, 0.2) is 0 Å². The van der Waals surface area contributed by atoms with Crippen molar-refractivity contribution in [2.45, 2.75) is 103 Å². The summed E-state index contributed by atoms with van der Waals surface area (Å²) in [5, 5.41) is 0. The van der Waals surface area contributed by atoms with Crippen LogP contribution in [-0.2, 0) is 0 Å². The maximum absolute atomic E-state index is 6.69. The molecule has 0 fully saturated rings. The highest BCUT2D eigenvalue weighted by molar-refractivity contribution is 5.63. The predicted molar refractivity (Wildman–Crippen MR) is 192 cm³/mol. The van der Waals surface area contributed by atoms with Crippen LogP contribution in [0.3, 0.4) is 0 Å². The molecule has 0 saturated heterocycles. The Labute approximate surface area is 272 Å². The standard InChI is InChI=1S/C44H53N/c1-2-15-31(18-14-27-44(45)32-16-4-3-5-17-32)34-19-6-8-21-36(34)37-22-9-7-20-35(37)33-28-29-42-40-25-11-10-23-38(40)39-24-12-13-26-41(39)43(42)30-33/h3-5,8-10,12,15-16,21-24,28-29,32,39,41,43-44H,2,6-7,11,13-14,17-20,25-27,30,45H2,1H3. The van der Waals surface area contributed by atoms with Crippen LogP contribution in [0, 0.1) is 23.7 Å². The molecule has 5 unspecified atom stereocenters. The van der Waals surface area contributed by atoms with E-state index in [1.807, 2.05) is 0 Å². The van der Waals surface area contributed by atoms with Crippen molar-refractivity contribution in [2.24, 2.45) is 29.4 Å². The van der Waals surface area contributed by atoms with Crippen molar-refractivity contribution in [3.05, 3.63) is 141 Å². The van der Waals surface area contributed by atoms with Gasteiger partial charge >= 0.3 is 0 Å². The number of fused-ring (bicyclic) bond motifs is 5. The number of hydrogen-bond donors (Lipinski definition) is 1. The first-order chi connectivity index (χ1) is 22.2. The smallest absolute Gasteiger partial charge is 0.0105 e. The average molecular weight is 596 g/mol. The number of allylic oxidation sites excluding steroid dienone is 23. The Morgan fingerprint density at radius 3 is 2.53 bits per heavy atom. The molecule has 1 heteroatoms. The topological polar surface area (TPSA) is 26.0 Å². The van der Waals surface area contributed by atoms with Gasteiger partial charge in [0.25, 0.3) is 0 Å². The summed E-state index contributed by atoms with van der Waals surface area (Å²) in [4.78, 5) is 0. The molecular weight excluding hydrogens is 542 g/mol. The molecule has 2 N–H and O–H groups in total. The summed E-state index contributed by atoms with van der Waals surface area (Å²) in [6.07, 6.45) is 52.6. The molecule has 7 aliphatic rings. The van der Waals surface area contributed by atoms with E-state index in [2.05, 4.69) is 98.1 Å². The molecule has 0 aromatic carbocycles. The minimum Gasteiger partial charge on any atom is -0.327 e. The SMILES string of the molecule is CCC=C(CCCC(N)C1C=CC=CC1)C1=C(C2=C(C3=CC=C4C5=C(C=CCC5)C5C=CCCC5C4C3)CCC=C2)C=CCC1. The zero-order valence-corrected chi connectivity index (χ0v) is 27.5. The fourth-order valence-electron chi connectivity index (χ4n) is 9.39. The Balaban J connectivity index is 1.19. The normalized spacial score (nSPS) is 29.9. The van der Waals surface area contributed by atoms with Crippen LogP contribution in [0.2, 0.25) is 0 Å². The van der Waals surface area contributed by atoms with Gasteiger partial charge in [-0.05, 0) is 158 Å². The third-order valence-corrected chi connectivity index (χ3v) is 11.6. The third-order valence-electron chi connectivity index (χ3n) is 11.6. The van der Waals surface area contributed by atoms with E-state index < -0.39 is 0 Å². The molecule has 0 saturated carbocycles. The van der Waals surface area contributed by atoms with E-state index in [0.717, 1.165) is 63.7 Å². The molecule has 7 aliphatic carbocycles. The van der Waals surface area contributed by atoms with E-state index in [4.69, 9.17) is 5.73 Å². The molecule has 0 aliphatic heterocycles. The molecular formula is C44H53N. The second kappa shape index (κ2) is 14.1. The summed E-state index contributed by atoms with van der Waals surface area (Å²) in [7, 11) is 0. The fraction of sp³-hybridized carbons (Fsp3) is 0.455. The van der Waals surface area contributed by atoms with Crippen molar-refractivity contribution in [1.82, 2.24) is 0 Å². The Kier molecular flexibility index (Phi) is 9.54. The molecule has 5 atom stereocenters. The Morgan fingerprint density at radius 2 is 1.69 bits per heavy atom. The Morgan fingerprint density at radius 1 is 0.867 bits per heavy atom. The van der Waals surface area contributed by atoms with Gasteiger partial charge in [0.05, 0.1) is 0 Å². The highest BCUT2D eigenvalue weighted by Gasteiger charge is 2.41. The zero-order chi connectivity index (χ0) is 30.6. The minimum atomic E-state index is 0.246. The van der Waals surface area contributed by atoms with E-state index in [0.29, 0.717) is 17.8 Å². The lowest BCUT2D eigenvalue weighted by Crippen LogP contribution is -2.34. The van der Waals surface area contributed by atoms with E-state index in [1.165, 1.54) is 43.3 Å². The van der Waals surface area contributed by atoms with E-state index in [9.17, 15) is 0 Å². The van der Waals surface area contributed by atoms with Crippen LogP contribution in [0.25, 0.3) is 0 Å². The van der Waals surface area contributed by atoms with Crippen molar-refractivity contribution in [3.63, 3.8) is 0 Å². The van der Waals surface area contributed by atoms with Crippen molar-refractivity contribution in [1.29, 1.82) is 0 Å². The van der Waals surface area contributed by atoms with Gasteiger partial charge < -0.3 is 5.73 Å². The molecule has 0 heterocycles. The fourth-order valence-corrected chi connectivity index (χ4v) is 9.39. The average Bonchev–Trinajstić information content (AvgIpc) is 3.11. The third kappa shape index (κ3) is 6.31. The largest absolute Gasteiger partial charge is 0.327 e. The molecule has 0 amide bonds. The van der Waals surface area contributed by atoms with Gasteiger partial charge in [-0.25, -0.2) is 0 Å². The predicted octanol–water partition coefficient (Wildman–Crippen LogP) is 11.4. The summed E-state index contributed by atoms with van der Waals surface area (Å²) in [6, 6.07) is 0.246. The molecule has 45 heavy (non-hydrogen) atoms. The molecule has 0 bridgehead atoms. The second-order valence-corrected chi connectivity index (χ2v) is 14.3. The first-order valence-corrected chi connectivity index (χ1v) is 18.3. The highest BCUT2D eigenvalue weighted by atomic mass is 14.6. The lowest BCUT2D eigenvalue weighted by Gasteiger charge is -2.45. The minimum absolute atomic E-state index is 0.246. The molecule has 0 radical (unpaired) electrons. The summed E-state index contributed by atoms with van der Waals surface area (Å²) in [5.74, 6) is 2.50. The lowest BCUT2D eigenvalue weighted by atomic mass is 9.59. The summed E-state index contributed by atoms with van der Waals surface area (Å²) >= 11 is 0. The van der Waals surface area contributed by atoms with Gasteiger partial charge in [0, 0.05) is 12.0 Å². The van der Waals surface area contributed by atoms with Gasteiger partial charge in [-0.3, -0.25) is 0 Å². The van der Waals surface area contributed by atoms with Crippen molar-refractivity contribution < 1.29 is 0 Å². The van der Waals surface area contributed by atoms with Crippen molar-refractivity contribution >= 4 is 0 Å². The molecule has 0 aromatic heterocycles. The Bertz CT molecular complexity index is 1530. The van der Waals surface area contributed by atoms with E-state index >= 15 is 0 Å². The lowest BCUT2D eigenvalue weighted by molar-refractivity contribution is 0.276. The van der Waals surface area contributed by atoms with Crippen LogP contribution in [0.5, 0.6) is 0 Å². The highest BCUT2D eigenvalue weighted by Crippen LogP contribution is 2.54. The van der Waals surface area contributed by atoms with Crippen LogP contribution in [0.1, 0.15) is 96.8 Å². The monoisotopic (exact) mass is 595 g/mol.